The van der Waals surface area contributed by atoms with Gasteiger partial charge in [0.25, 0.3) is 0 Å². The van der Waals surface area contributed by atoms with Gasteiger partial charge in [-0.25, -0.2) is 9.13 Å². The van der Waals surface area contributed by atoms with Crippen LogP contribution in [0.3, 0.4) is 0 Å². The fraction of sp³-hybridized carbons (Fsp3) is 0.700. The van der Waals surface area contributed by atoms with E-state index in [-0.39, 0.29) is 6.04 Å². The summed E-state index contributed by atoms with van der Waals surface area (Å²) in [6.45, 7) is 3.88. The van der Waals surface area contributed by atoms with Crippen LogP contribution in [0, 0.1) is 0 Å². The van der Waals surface area contributed by atoms with Crippen LogP contribution in [-0.4, -0.2) is 27.8 Å². The number of hydrogen-bond acceptors (Lipinski definition) is 3. The van der Waals surface area contributed by atoms with Crippen LogP contribution >= 0.6 is 0 Å². The molecule has 0 unspecified atom stereocenters. The highest BCUT2D eigenvalue weighted by molar-refractivity contribution is 6.56. The molecule has 6 heteroatoms. The van der Waals surface area contributed by atoms with Crippen molar-refractivity contribution in [2.24, 2.45) is 0 Å². The van der Waals surface area contributed by atoms with Crippen LogP contribution in [0.1, 0.15) is 26.2 Å². The second-order valence-corrected chi connectivity index (χ2v) is 6.17. The fourth-order valence-corrected chi connectivity index (χ4v) is 2.18. The summed E-state index contributed by atoms with van der Waals surface area (Å²) in [4.78, 5) is 26.6. The van der Waals surface area contributed by atoms with Crippen molar-refractivity contribution < 1.29 is 19.0 Å². The molecular formula is C10H21N2O3Si+. The third kappa shape index (κ3) is 5.41. The molecule has 92 valence electrons. The molecule has 0 aliphatic rings. The molecule has 0 aliphatic carbocycles. The van der Waals surface area contributed by atoms with Gasteiger partial charge in [-0.15, -0.1) is 0 Å². The number of aromatic nitrogens is 2. The van der Waals surface area contributed by atoms with E-state index in [9.17, 15) is 0 Å². The highest BCUT2D eigenvalue weighted by atomic mass is 28.4. The van der Waals surface area contributed by atoms with Gasteiger partial charge in [0.1, 0.15) is 12.4 Å². The zero-order valence-electron chi connectivity index (χ0n) is 9.71. The van der Waals surface area contributed by atoms with Crippen LogP contribution in [0.15, 0.2) is 18.7 Å². The van der Waals surface area contributed by atoms with Crippen molar-refractivity contribution >= 4 is 8.80 Å². The van der Waals surface area contributed by atoms with Crippen molar-refractivity contribution in [1.82, 2.24) is 4.57 Å². The zero-order valence-corrected chi connectivity index (χ0v) is 10.7. The molecular weight excluding hydrogens is 224 g/mol. The van der Waals surface area contributed by atoms with Gasteiger partial charge in [0.05, 0.1) is 13.1 Å². The van der Waals surface area contributed by atoms with Gasteiger partial charge >= 0.3 is 8.80 Å². The summed E-state index contributed by atoms with van der Waals surface area (Å²) >= 11 is 0. The third-order valence-corrected chi connectivity index (χ3v) is 3.47. The number of nitrogens with zero attached hydrogens (tertiary/aromatic N) is 2. The van der Waals surface area contributed by atoms with Crippen molar-refractivity contribution in [3.8, 4) is 0 Å². The minimum atomic E-state index is -3.85. The zero-order chi connectivity index (χ0) is 12.0. The van der Waals surface area contributed by atoms with E-state index in [1.807, 2.05) is 23.3 Å². The SMILES string of the molecule is CCCCn1cc[n+](CCC[Si](O)(O)O)c1. The lowest BCUT2D eigenvalue weighted by Gasteiger charge is -2.06. The number of imidazole rings is 1. The van der Waals surface area contributed by atoms with Crippen molar-refractivity contribution in [3.63, 3.8) is 0 Å². The predicted molar refractivity (Wildman–Crippen MR) is 61.4 cm³/mol. The topological polar surface area (TPSA) is 69.5 Å². The second kappa shape index (κ2) is 6.14. The first kappa shape index (κ1) is 13.4. The van der Waals surface area contributed by atoms with E-state index >= 15 is 0 Å². The molecule has 0 saturated carbocycles. The number of hydrogen-bond donors (Lipinski definition) is 3. The summed E-state index contributed by atoms with van der Waals surface area (Å²) in [7, 11) is -3.85. The average Bonchev–Trinajstić information content (AvgIpc) is 2.61. The quantitative estimate of drug-likeness (QED) is 0.463. The molecule has 5 nitrogen and oxygen atoms in total. The Kier molecular flexibility index (Phi) is 5.13. The maximum Gasteiger partial charge on any atom is 0.492 e. The Morgan fingerprint density at radius 3 is 2.62 bits per heavy atom. The first-order chi connectivity index (χ1) is 7.51. The lowest BCUT2D eigenvalue weighted by atomic mass is 10.3. The maximum atomic E-state index is 8.85. The Hall–Kier alpha value is -0.693. The molecule has 0 fully saturated rings. The monoisotopic (exact) mass is 245 g/mol. The summed E-state index contributed by atoms with van der Waals surface area (Å²) in [6, 6.07) is 0.0974. The highest BCUT2D eigenvalue weighted by Gasteiger charge is 2.26. The minimum Gasteiger partial charge on any atom is -0.390 e. The van der Waals surface area contributed by atoms with E-state index in [1.54, 1.807) is 0 Å². The summed E-state index contributed by atoms with van der Waals surface area (Å²) < 4.78 is 4.11. The minimum absolute atomic E-state index is 0.0974. The standard InChI is InChI=1S/C10H21N2O3Si/c1-2-3-5-11-7-8-12(10-11)6-4-9-16(13,14)15/h7-8,10,13-15H,2-6,9H2,1H3/q+1. The molecule has 0 aromatic carbocycles. The number of rotatable bonds is 7. The summed E-state index contributed by atoms with van der Waals surface area (Å²) in [5.41, 5.74) is 0. The van der Waals surface area contributed by atoms with Crippen LogP contribution in [0.5, 0.6) is 0 Å². The Morgan fingerprint density at radius 1 is 1.25 bits per heavy atom. The lowest BCUT2D eigenvalue weighted by molar-refractivity contribution is -0.696. The Morgan fingerprint density at radius 2 is 2.00 bits per heavy atom. The van der Waals surface area contributed by atoms with Crippen LogP contribution in [0.4, 0.5) is 0 Å². The molecule has 0 spiro atoms. The smallest absolute Gasteiger partial charge is 0.390 e. The molecule has 1 heterocycles. The molecule has 0 aliphatic heterocycles. The molecule has 0 atom stereocenters. The molecule has 0 amide bonds. The van der Waals surface area contributed by atoms with Gasteiger partial charge < -0.3 is 14.4 Å². The first-order valence-corrected chi connectivity index (χ1v) is 7.78. The van der Waals surface area contributed by atoms with E-state index in [1.165, 1.54) is 6.42 Å². The molecule has 0 saturated heterocycles. The maximum absolute atomic E-state index is 8.85. The molecule has 0 radical (unpaired) electrons. The van der Waals surface area contributed by atoms with E-state index in [4.69, 9.17) is 14.4 Å². The van der Waals surface area contributed by atoms with Crippen LogP contribution in [0.25, 0.3) is 0 Å². The third-order valence-electron chi connectivity index (χ3n) is 2.44. The van der Waals surface area contributed by atoms with Crippen molar-refractivity contribution in [3.05, 3.63) is 18.7 Å². The summed E-state index contributed by atoms with van der Waals surface area (Å²) in [6.07, 6.45) is 8.89. The highest BCUT2D eigenvalue weighted by Crippen LogP contribution is 2.01. The number of aryl methyl sites for hydroxylation is 2. The Balaban J connectivity index is 2.29. The van der Waals surface area contributed by atoms with Crippen LogP contribution in [-0.2, 0) is 13.1 Å². The Labute approximate surface area is 97.0 Å². The van der Waals surface area contributed by atoms with E-state index in [0.29, 0.717) is 13.0 Å². The van der Waals surface area contributed by atoms with E-state index < -0.39 is 8.80 Å². The predicted octanol–water partition coefficient (Wildman–Crippen LogP) is -0.118. The van der Waals surface area contributed by atoms with Gasteiger partial charge in [-0.05, 0) is 12.8 Å². The fourth-order valence-electron chi connectivity index (χ4n) is 1.54. The lowest BCUT2D eigenvalue weighted by Crippen LogP contribution is -2.37. The van der Waals surface area contributed by atoms with Crippen molar-refractivity contribution in [1.29, 1.82) is 0 Å². The van der Waals surface area contributed by atoms with Gasteiger partial charge in [-0.3, -0.25) is 0 Å². The molecule has 3 N–H and O–H groups in total. The van der Waals surface area contributed by atoms with Gasteiger partial charge in [0, 0.05) is 6.04 Å². The van der Waals surface area contributed by atoms with Crippen molar-refractivity contribution in [2.75, 3.05) is 0 Å². The van der Waals surface area contributed by atoms with Gasteiger partial charge in [-0.2, -0.15) is 0 Å². The van der Waals surface area contributed by atoms with Gasteiger partial charge in [-0.1, -0.05) is 13.3 Å². The molecule has 1 aromatic rings. The molecule has 0 bridgehead atoms. The van der Waals surface area contributed by atoms with E-state index in [2.05, 4.69) is 11.5 Å². The van der Waals surface area contributed by atoms with Crippen LogP contribution < -0.4 is 4.57 Å². The van der Waals surface area contributed by atoms with Crippen molar-refractivity contribution in [2.45, 2.75) is 45.3 Å². The second-order valence-electron chi connectivity index (χ2n) is 4.12. The normalized spacial score (nSPS) is 12.0. The van der Waals surface area contributed by atoms with Gasteiger partial charge in [0.15, 0.2) is 0 Å². The van der Waals surface area contributed by atoms with E-state index in [0.717, 1.165) is 13.0 Å². The molecule has 1 rings (SSSR count). The summed E-state index contributed by atoms with van der Waals surface area (Å²) in [5.74, 6) is 0. The average molecular weight is 245 g/mol. The summed E-state index contributed by atoms with van der Waals surface area (Å²) in [5, 5.41) is 0. The molecule has 16 heavy (non-hydrogen) atoms. The molecule has 1 aromatic heterocycles. The number of unbranched alkanes of at least 4 members (excludes halogenated alkanes) is 1. The largest absolute Gasteiger partial charge is 0.492 e. The van der Waals surface area contributed by atoms with Gasteiger partial charge in [0.2, 0.25) is 6.33 Å². The Bertz CT molecular complexity index is 309. The van der Waals surface area contributed by atoms with Crippen LogP contribution in [0.2, 0.25) is 6.04 Å². The first-order valence-electron chi connectivity index (χ1n) is 5.73.